The molecule has 26 rings (SSSR count). The molecule has 574 valence electrons. The summed E-state index contributed by atoms with van der Waals surface area (Å²) in [6.45, 7) is -1.37. The predicted octanol–water partition coefficient (Wildman–Crippen LogP) is 24.6. The second-order valence-corrected chi connectivity index (χ2v) is 34.1. The zero-order valence-electron chi connectivity index (χ0n) is 67.0. The lowest BCUT2D eigenvalue weighted by Crippen LogP contribution is -2.66. The van der Waals surface area contributed by atoms with Crippen molar-refractivity contribution < 1.29 is 18.9 Å². The quantitative estimate of drug-likeness (QED) is 0.120. The van der Waals surface area contributed by atoms with Gasteiger partial charge in [0.2, 0.25) is 0 Å². The lowest BCUT2D eigenvalue weighted by atomic mass is 9.29. The molecule has 124 heavy (non-hydrogen) atoms. The number of hydrogen-bond acceptors (Lipinski definition) is 7. The van der Waals surface area contributed by atoms with Crippen molar-refractivity contribution in [2.24, 2.45) is 0 Å². The van der Waals surface area contributed by atoms with Crippen molar-refractivity contribution in [3.63, 3.8) is 0 Å². The van der Waals surface area contributed by atoms with Gasteiger partial charge < -0.3 is 28.7 Å². The van der Waals surface area contributed by atoms with E-state index in [1.807, 2.05) is 11.3 Å². The summed E-state index contributed by atoms with van der Waals surface area (Å²) in [5.41, 5.74) is 34.7. The maximum atomic E-state index is 8.41. The van der Waals surface area contributed by atoms with Crippen molar-refractivity contribution >= 4 is 135 Å². The summed E-state index contributed by atoms with van der Waals surface area (Å²) < 4.78 is 34.4. The van der Waals surface area contributed by atoms with Crippen LogP contribution >= 0.6 is 11.3 Å². The molecule has 0 radical (unpaired) electrons. The van der Waals surface area contributed by atoms with Gasteiger partial charge in [0.05, 0.1) is 11.4 Å². The summed E-state index contributed by atoms with van der Waals surface area (Å²) in [4.78, 5) is 5.28. The van der Waals surface area contributed by atoms with E-state index in [-0.39, 0.29) is 6.71 Å². The summed E-state index contributed by atoms with van der Waals surface area (Å²) in [5.74, 6) is 5.72. The van der Waals surface area contributed by atoms with Crippen LogP contribution in [-0.4, -0.2) is 20.1 Å². The zero-order valence-corrected chi connectivity index (χ0v) is 67.8. The fourth-order valence-electron chi connectivity index (χ4n) is 20.8. The number of hydrogen-bond donors (Lipinski definition) is 0. The average molecular weight is 1600 g/mol. The molecular formula is C114H69B3N2O4S. The van der Waals surface area contributed by atoms with E-state index in [0.717, 1.165) is 206 Å². The highest BCUT2D eigenvalue weighted by atomic mass is 32.1. The van der Waals surface area contributed by atoms with Gasteiger partial charge in [-0.15, -0.1) is 11.3 Å². The Morgan fingerprint density at radius 2 is 0.540 bits per heavy atom. The lowest BCUT2D eigenvalue weighted by Gasteiger charge is -2.47. The molecule has 0 saturated carbocycles. The molecule has 0 N–H and O–H groups in total. The summed E-state index contributed by atoms with van der Waals surface area (Å²) in [7, 11) is 0. The van der Waals surface area contributed by atoms with Crippen LogP contribution in [0.3, 0.4) is 0 Å². The molecule has 1 aromatic heterocycles. The minimum atomic E-state index is -0.529. The molecule has 10 heteroatoms. The Morgan fingerprint density at radius 1 is 0.185 bits per heavy atom. The standard InChI is InChI=1S/C114H69B3N2O4S/c1-9-29-70(30-10-1)79-53-58-98-92(62-79)115-93-63-80(71-31-11-2-12-32-71)54-59-99(93)122-114-108(115)102(120-98)69-103-110(114)117-91-57-52-82(73-35-15-4-16-36-73)67-100(91)123-113-107-97(68-101(121-103)109(113)117)119(112-86(76-41-21-7-22-42-76)48-28-49-87(112)77-43-23-8-24-44-77)96-66-83(78-55-60-105-89(61-78)88-45-25-26-50-104(88)124-105)65-95-106(96)116(107)90-56-51-81(72-33-13-3-14-34-72)64-94(90)118(95)111-84(74-37-17-5-18-38-74)46-27-47-85(111)75-39-19-6-20-40-75/h1-69H. The third-order valence-electron chi connectivity index (χ3n) is 26.3. The second-order valence-electron chi connectivity index (χ2n) is 33.1. The fraction of sp³-hybridized carbons (Fsp3) is 0. The van der Waals surface area contributed by atoms with E-state index >= 15 is 0 Å². The number of anilines is 6. The smallest absolute Gasteiger partial charge is 0.265 e. The maximum absolute atomic E-state index is 8.41. The molecule has 0 atom stereocenters. The van der Waals surface area contributed by atoms with Crippen molar-refractivity contribution in [1.82, 2.24) is 0 Å². The third kappa shape index (κ3) is 11.0. The summed E-state index contributed by atoms with van der Waals surface area (Å²) in [6, 6.07) is 154. The number of thiophene rings is 1. The van der Waals surface area contributed by atoms with Gasteiger partial charge in [0, 0.05) is 93.7 Å². The first-order chi connectivity index (χ1) is 61.5. The van der Waals surface area contributed by atoms with Gasteiger partial charge in [0.15, 0.2) is 0 Å². The van der Waals surface area contributed by atoms with Crippen LogP contribution in [0, 0.1) is 0 Å². The van der Waals surface area contributed by atoms with Gasteiger partial charge in [-0.1, -0.05) is 352 Å². The number of para-hydroxylation sites is 2. The molecule has 6 aliphatic rings. The normalized spacial score (nSPS) is 13.0. The Bertz CT molecular complexity index is 7650. The van der Waals surface area contributed by atoms with Gasteiger partial charge in [-0.25, -0.2) is 0 Å². The number of ether oxygens (including phenoxy) is 4. The van der Waals surface area contributed by atoms with E-state index in [0.29, 0.717) is 23.0 Å². The van der Waals surface area contributed by atoms with Crippen molar-refractivity contribution in [3.05, 3.63) is 419 Å². The van der Waals surface area contributed by atoms with Gasteiger partial charge in [0.1, 0.15) is 46.0 Å². The van der Waals surface area contributed by atoms with Gasteiger partial charge in [-0.05, 0) is 165 Å². The van der Waals surface area contributed by atoms with Gasteiger partial charge in [-0.2, -0.15) is 0 Å². The van der Waals surface area contributed by atoms with Crippen molar-refractivity contribution in [1.29, 1.82) is 0 Å². The first kappa shape index (κ1) is 70.3. The molecule has 0 amide bonds. The van der Waals surface area contributed by atoms with E-state index in [1.54, 1.807) is 0 Å². The van der Waals surface area contributed by atoms with E-state index in [4.69, 9.17) is 18.9 Å². The molecule has 0 bridgehead atoms. The first-order valence-corrected chi connectivity index (χ1v) is 43.4. The monoisotopic (exact) mass is 1590 g/mol. The molecule has 0 spiro atoms. The van der Waals surface area contributed by atoms with Crippen molar-refractivity contribution in [2.45, 2.75) is 0 Å². The summed E-state index contributed by atoms with van der Waals surface area (Å²) in [6.07, 6.45) is 0. The largest absolute Gasteiger partial charge is 0.459 e. The van der Waals surface area contributed by atoms with Crippen LogP contribution in [-0.2, 0) is 0 Å². The molecule has 0 saturated heterocycles. The zero-order chi connectivity index (χ0) is 81.2. The minimum Gasteiger partial charge on any atom is -0.459 e. The molecule has 7 heterocycles. The Balaban J connectivity index is 0.812. The summed E-state index contributed by atoms with van der Waals surface area (Å²) >= 11 is 1.84. The van der Waals surface area contributed by atoms with Crippen LogP contribution in [0.5, 0.6) is 46.0 Å². The van der Waals surface area contributed by atoms with Crippen LogP contribution < -0.4 is 77.9 Å². The number of fused-ring (bicyclic) bond motifs is 17. The Kier molecular flexibility index (Phi) is 15.9. The van der Waals surface area contributed by atoms with Crippen LogP contribution in [0.1, 0.15) is 0 Å². The fourth-order valence-corrected chi connectivity index (χ4v) is 21.9. The van der Waals surface area contributed by atoms with Gasteiger partial charge in [0.25, 0.3) is 20.1 Å². The highest BCUT2D eigenvalue weighted by molar-refractivity contribution is 7.25. The van der Waals surface area contributed by atoms with Gasteiger partial charge >= 0.3 is 0 Å². The molecule has 0 fully saturated rings. The van der Waals surface area contributed by atoms with Crippen LogP contribution in [0.25, 0.3) is 120 Å². The molecule has 19 aromatic carbocycles. The predicted molar refractivity (Wildman–Crippen MR) is 518 cm³/mol. The minimum absolute atomic E-state index is 0.320. The second kappa shape index (κ2) is 28.0. The number of nitrogens with zero attached hydrogens (tertiary/aromatic N) is 2. The van der Waals surface area contributed by atoms with E-state index in [2.05, 4.69) is 428 Å². The van der Waals surface area contributed by atoms with E-state index in [1.165, 1.54) is 20.2 Å². The molecule has 0 aliphatic carbocycles. The highest BCUT2D eigenvalue weighted by Crippen LogP contribution is 2.57. The maximum Gasteiger partial charge on any atom is 0.265 e. The first-order valence-electron chi connectivity index (χ1n) is 42.6. The Morgan fingerprint density at radius 3 is 1.06 bits per heavy atom. The van der Waals surface area contributed by atoms with Crippen molar-refractivity contribution in [3.8, 4) is 146 Å². The highest BCUT2D eigenvalue weighted by Gasteiger charge is 2.54. The van der Waals surface area contributed by atoms with Crippen LogP contribution in [0.15, 0.2) is 419 Å². The summed E-state index contributed by atoms with van der Waals surface area (Å²) in [5, 5.41) is 2.45. The van der Waals surface area contributed by atoms with Crippen LogP contribution in [0.2, 0.25) is 0 Å². The third-order valence-corrected chi connectivity index (χ3v) is 27.4. The Labute approximate surface area is 723 Å². The van der Waals surface area contributed by atoms with Crippen LogP contribution in [0.4, 0.5) is 34.1 Å². The molecule has 6 aliphatic heterocycles. The average Bonchev–Trinajstić information content (AvgIpc) is 0.716. The molecule has 20 aromatic rings. The van der Waals surface area contributed by atoms with E-state index in [9.17, 15) is 0 Å². The number of rotatable bonds is 11. The Hall–Kier alpha value is -15.6. The number of benzene rings is 19. The molecule has 6 nitrogen and oxygen atoms in total. The molecular weight excluding hydrogens is 1530 g/mol. The van der Waals surface area contributed by atoms with E-state index < -0.39 is 13.4 Å². The molecule has 0 unspecified atom stereocenters. The SMILES string of the molecule is c1ccc(-c2ccc3c(c2)Oc2c4c(cc5c2B2c6ccc(-c7ccccc7)cc6N(c6c(-c7ccccc7)cccc6-c6ccccc6)c6cc(-c7ccc8sc9ccccc9c8c7)cc(c62)N5c2c(-c5ccccc5)cccc2-c2ccccc2)Oc2cc5c6c(c2B34)Oc2ccc(-c3ccccc3)cc2B6c2cc(-c3ccccc3)ccc2O5)cc1. The van der Waals surface area contributed by atoms with Crippen molar-refractivity contribution in [2.75, 3.05) is 9.80 Å². The topological polar surface area (TPSA) is 43.4 Å². The van der Waals surface area contributed by atoms with Gasteiger partial charge in [-0.3, -0.25) is 0 Å². The lowest BCUT2D eigenvalue weighted by molar-refractivity contribution is 0.443.